The minimum absolute atomic E-state index is 0. The molecule has 1 unspecified atom stereocenters. The Bertz CT molecular complexity index is 842. The average Bonchev–Trinajstić information content (AvgIpc) is 2.75. The molecular formula is C22H33BrF6N4O2. The lowest BCUT2D eigenvalue weighted by atomic mass is 10.00. The van der Waals surface area contributed by atoms with Crippen molar-refractivity contribution in [2.75, 3.05) is 55.5 Å². The highest BCUT2D eigenvalue weighted by molar-refractivity contribution is 8.93. The lowest BCUT2D eigenvalue weighted by molar-refractivity contribution is -0.138. The number of halogens is 7. The Balaban J connectivity index is 0.000000642. The molecule has 1 aliphatic heterocycles. The molecule has 0 spiro atoms. The molecule has 2 heterocycles. The summed E-state index contributed by atoms with van der Waals surface area (Å²) in [5, 5.41) is 2.77. The van der Waals surface area contributed by atoms with Gasteiger partial charge in [0, 0.05) is 38.7 Å². The van der Waals surface area contributed by atoms with Crippen LogP contribution in [-0.2, 0) is 17.3 Å². The third-order valence-corrected chi connectivity index (χ3v) is 4.78. The summed E-state index contributed by atoms with van der Waals surface area (Å²) in [4.78, 5) is 7.48. The van der Waals surface area contributed by atoms with Crippen LogP contribution in [0.1, 0.15) is 17.5 Å². The number of methoxy groups -OCH3 is 2. The van der Waals surface area contributed by atoms with Gasteiger partial charge in [0.05, 0.1) is 18.2 Å². The second-order valence-electron chi connectivity index (χ2n) is 8.06. The van der Waals surface area contributed by atoms with Crippen LogP contribution >= 0.6 is 17.0 Å². The fraction of sp³-hybridized carbons (Fsp3) is 0.591. The van der Waals surface area contributed by atoms with Gasteiger partial charge in [-0.3, -0.25) is 0 Å². The number of hydrogen-bond donors (Lipinski definition) is 1. The van der Waals surface area contributed by atoms with Crippen LogP contribution in [0.5, 0.6) is 5.88 Å². The van der Waals surface area contributed by atoms with E-state index < -0.39 is 29.7 Å². The van der Waals surface area contributed by atoms with Crippen molar-refractivity contribution in [3.63, 3.8) is 0 Å². The number of dihydropyridines is 1. The van der Waals surface area contributed by atoms with Crippen molar-refractivity contribution in [3.8, 4) is 5.88 Å². The molecule has 2 rings (SSSR count). The molecule has 0 aromatic carbocycles. The standard InChI is InChI=1S/C11H17F3N2O.C11H15F3N2O.BrH/c2*1-16(2)5-4-8-7-15-10(17-3)6-9(8)11(12,13)14;/h6-7,10,15H,4-5H2,1-3H3;6-7H,4-5H2,1-3H3;1H. The van der Waals surface area contributed by atoms with Crippen LogP contribution in [0.15, 0.2) is 35.7 Å². The molecule has 0 saturated carbocycles. The molecule has 1 N–H and O–H groups in total. The number of hydrogen-bond acceptors (Lipinski definition) is 6. The zero-order chi connectivity index (χ0) is 26.1. The third-order valence-electron chi connectivity index (χ3n) is 4.78. The van der Waals surface area contributed by atoms with Gasteiger partial charge in [-0.2, -0.15) is 26.3 Å². The number of nitrogens with zero attached hydrogens (tertiary/aromatic N) is 3. The van der Waals surface area contributed by atoms with Crippen LogP contribution in [0.25, 0.3) is 0 Å². The van der Waals surface area contributed by atoms with E-state index in [1.54, 1.807) is 0 Å². The first kappa shape index (κ1) is 33.2. The van der Waals surface area contributed by atoms with Crippen molar-refractivity contribution in [2.24, 2.45) is 0 Å². The van der Waals surface area contributed by atoms with Gasteiger partial charge in [0.25, 0.3) is 0 Å². The van der Waals surface area contributed by atoms with Crippen molar-refractivity contribution >= 4 is 17.0 Å². The van der Waals surface area contributed by atoms with E-state index in [1.165, 1.54) is 26.6 Å². The Hall–Kier alpha value is -1.83. The molecule has 6 nitrogen and oxygen atoms in total. The van der Waals surface area contributed by atoms with Crippen LogP contribution in [0.4, 0.5) is 26.3 Å². The number of alkyl halides is 6. The second kappa shape index (κ2) is 14.7. The highest BCUT2D eigenvalue weighted by Gasteiger charge is 2.37. The van der Waals surface area contributed by atoms with Crippen LogP contribution in [-0.4, -0.2) is 82.7 Å². The van der Waals surface area contributed by atoms with Gasteiger partial charge in [-0.1, -0.05) is 0 Å². The Kier molecular flexibility index (Phi) is 13.9. The summed E-state index contributed by atoms with van der Waals surface area (Å²) >= 11 is 0. The second-order valence-corrected chi connectivity index (χ2v) is 8.06. The number of rotatable bonds is 8. The molecule has 13 heteroatoms. The molecule has 202 valence electrons. The zero-order valence-electron chi connectivity index (χ0n) is 20.5. The van der Waals surface area contributed by atoms with Crippen molar-refractivity contribution < 1.29 is 35.8 Å². The first-order valence-electron chi connectivity index (χ1n) is 10.4. The molecule has 0 radical (unpaired) electrons. The van der Waals surface area contributed by atoms with E-state index in [4.69, 9.17) is 9.47 Å². The van der Waals surface area contributed by atoms with Gasteiger partial charge in [0.15, 0.2) is 0 Å². The SMILES string of the molecule is Br.COC1C=C(C(F)(F)F)C(CCN(C)C)=CN1.COc1cc(C(F)(F)F)c(CCN(C)C)cn1. The van der Waals surface area contributed by atoms with Gasteiger partial charge in [0.2, 0.25) is 5.88 Å². The minimum Gasteiger partial charge on any atom is -0.481 e. The van der Waals surface area contributed by atoms with Crippen LogP contribution in [0.3, 0.4) is 0 Å². The summed E-state index contributed by atoms with van der Waals surface area (Å²) < 4.78 is 86.4. The number of aromatic nitrogens is 1. The fourth-order valence-electron chi connectivity index (χ4n) is 2.91. The van der Waals surface area contributed by atoms with Crippen LogP contribution < -0.4 is 10.1 Å². The Morgan fingerprint density at radius 2 is 1.51 bits per heavy atom. The molecule has 0 aliphatic carbocycles. The smallest absolute Gasteiger partial charge is 0.416 e. The zero-order valence-corrected chi connectivity index (χ0v) is 22.3. The largest absolute Gasteiger partial charge is 0.481 e. The van der Waals surface area contributed by atoms with E-state index in [0.29, 0.717) is 25.9 Å². The molecule has 0 amide bonds. The molecule has 1 atom stereocenters. The monoisotopic (exact) mass is 578 g/mol. The molecular weight excluding hydrogens is 546 g/mol. The van der Waals surface area contributed by atoms with Crippen LogP contribution in [0.2, 0.25) is 0 Å². The van der Waals surface area contributed by atoms with Crippen molar-refractivity contribution in [2.45, 2.75) is 31.4 Å². The average molecular weight is 579 g/mol. The van der Waals surface area contributed by atoms with E-state index in [0.717, 1.165) is 12.1 Å². The van der Waals surface area contributed by atoms with E-state index in [9.17, 15) is 26.3 Å². The van der Waals surface area contributed by atoms with Gasteiger partial charge >= 0.3 is 12.4 Å². The Labute approximate surface area is 212 Å². The maximum atomic E-state index is 12.8. The molecule has 1 aliphatic rings. The molecule has 1 aromatic heterocycles. The van der Waals surface area contributed by atoms with Gasteiger partial charge in [-0.05, 0) is 58.2 Å². The number of likely N-dealkylation sites (N-methyl/N-ethyl adjacent to an activating group) is 1. The molecule has 0 fully saturated rings. The summed E-state index contributed by atoms with van der Waals surface area (Å²) in [6.07, 6.45) is -5.08. The molecule has 35 heavy (non-hydrogen) atoms. The maximum Gasteiger partial charge on any atom is 0.416 e. The van der Waals surface area contributed by atoms with Crippen LogP contribution in [0, 0.1) is 0 Å². The minimum atomic E-state index is -4.38. The quantitative estimate of drug-likeness (QED) is 0.452. The van der Waals surface area contributed by atoms with Crippen molar-refractivity contribution in [1.82, 2.24) is 20.1 Å². The molecule has 1 aromatic rings. The summed E-state index contributed by atoms with van der Waals surface area (Å²) in [5.41, 5.74) is -0.831. The highest BCUT2D eigenvalue weighted by Crippen LogP contribution is 2.35. The highest BCUT2D eigenvalue weighted by atomic mass is 79.9. The predicted octanol–water partition coefficient (Wildman–Crippen LogP) is 4.68. The van der Waals surface area contributed by atoms with E-state index >= 15 is 0 Å². The maximum absolute atomic E-state index is 12.8. The predicted molar refractivity (Wildman–Crippen MR) is 128 cm³/mol. The summed E-state index contributed by atoms with van der Waals surface area (Å²) in [6.45, 7) is 1.11. The van der Waals surface area contributed by atoms with Gasteiger partial charge in [0.1, 0.15) is 6.23 Å². The van der Waals surface area contributed by atoms with Gasteiger partial charge in [-0.15, -0.1) is 17.0 Å². The lowest BCUT2D eigenvalue weighted by Crippen LogP contribution is -2.32. The van der Waals surface area contributed by atoms with Gasteiger partial charge in [-0.25, -0.2) is 4.98 Å². The Morgan fingerprint density at radius 3 is 1.97 bits per heavy atom. The summed E-state index contributed by atoms with van der Waals surface area (Å²) in [5.74, 6) is -0.0223. The number of allylic oxidation sites excluding steroid dienone is 1. The van der Waals surface area contributed by atoms with E-state index in [-0.39, 0.29) is 34.0 Å². The normalized spacial score (nSPS) is 16.0. The van der Waals surface area contributed by atoms with Crippen molar-refractivity contribution in [1.29, 1.82) is 0 Å². The van der Waals surface area contributed by atoms with Gasteiger partial charge < -0.3 is 24.6 Å². The Morgan fingerprint density at radius 1 is 0.943 bits per heavy atom. The van der Waals surface area contributed by atoms with Crippen molar-refractivity contribution in [3.05, 3.63) is 46.8 Å². The molecule has 0 bridgehead atoms. The lowest BCUT2D eigenvalue weighted by Gasteiger charge is -2.25. The first-order chi connectivity index (χ1) is 15.7. The number of nitrogens with one attached hydrogen (secondary N) is 1. The third kappa shape index (κ3) is 11.6. The first-order valence-corrected chi connectivity index (χ1v) is 10.4. The molecule has 0 saturated heterocycles. The summed E-state index contributed by atoms with van der Waals surface area (Å²) in [7, 11) is 9.93. The topological polar surface area (TPSA) is 49.9 Å². The van der Waals surface area contributed by atoms with E-state index in [2.05, 4.69) is 10.3 Å². The van der Waals surface area contributed by atoms with E-state index in [1.807, 2.05) is 38.0 Å². The fourth-order valence-corrected chi connectivity index (χ4v) is 2.91. The number of pyridine rings is 1. The number of ether oxygens (including phenoxy) is 2. The summed E-state index contributed by atoms with van der Waals surface area (Å²) in [6, 6.07) is 0.936.